The van der Waals surface area contributed by atoms with Gasteiger partial charge in [0.1, 0.15) is 0 Å². The molecule has 0 spiro atoms. The first-order valence-corrected chi connectivity index (χ1v) is 5.27. The average molecular weight is 235 g/mol. The molecule has 0 aliphatic carbocycles. The first kappa shape index (κ1) is 13.1. The minimum atomic E-state index is -0.745. The Balaban J connectivity index is 0.000000249. The zero-order chi connectivity index (χ0) is 12.7. The van der Waals surface area contributed by atoms with E-state index in [1.54, 1.807) is 0 Å². The summed E-state index contributed by atoms with van der Waals surface area (Å²) in [6, 6.07) is 8.29. The fraction of sp³-hybridized carbons (Fsp3) is 0.250. The molecule has 0 saturated heterocycles. The van der Waals surface area contributed by atoms with Crippen molar-refractivity contribution in [3.8, 4) is 0 Å². The van der Waals surface area contributed by atoms with Crippen molar-refractivity contribution >= 4 is 17.0 Å². The lowest BCUT2D eigenvalue weighted by molar-refractivity contribution is 0.182. The average Bonchev–Trinajstić information content (AvgIpc) is 2.74. The number of hydrogen-bond acceptors (Lipinski definition) is 3. The Morgan fingerprint density at radius 1 is 1.41 bits per heavy atom. The lowest BCUT2D eigenvalue weighted by atomic mass is 10.1. The highest BCUT2D eigenvalue weighted by molar-refractivity contribution is 5.83. The standard InChI is InChI=1S/C10H12N2.C2H5NO2/c11-6-5-8-7-12-10-4-2-1-3-9(8)10;1-5-2(3)4/h1-4,7,12H,5-6,11H2;1H3,(H2,3,4). The fourth-order valence-corrected chi connectivity index (χ4v) is 1.49. The number of para-hydroxylation sites is 1. The van der Waals surface area contributed by atoms with Gasteiger partial charge in [-0.25, -0.2) is 4.79 Å². The highest BCUT2D eigenvalue weighted by Crippen LogP contribution is 2.17. The van der Waals surface area contributed by atoms with Gasteiger partial charge in [0.2, 0.25) is 0 Å². The molecule has 5 heteroatoms. The minimum Gasteiger partial charge on any atom is -0.453 e. The van der Waals surface area contributed by atoms with Crippen LogP contribution in [0.5, 0.6) is 0 Å². The van der Waals surface area contributed by atoms with Gasteiger partial charge in [-0.15, -0.1) is 0 Å². The van der Waals surface area contributed by atoms with Crippen LogP contribution in [-0.2, 0) is 11.2 Å². The second-order valence-corrected chi connectivity index (χ2v) is 3.42. The number of methoxy groups -OCH3 is 1. The third-order valence-corrected chi connectivity index (χ3v) is 2.29. The molecule has 92 valence electrons. The maximum Gasteiger partial charge on any atom is 0.404 e. The van der Waals surface area contributed by atoms with Crippen LogP contribution in [-0.4, -0.2) is 24.7 Å². The van der Waals surface area contributed by atoms with E-state index in [0.717, 1.165) is 6.42 Å². The zero-order valence-electron chi connectivity index (χ0n) is 9.77. The third-order valence-electron chi connectivity index (χ3n) is 2.29. The van der Waals surface area contributed by atoms with E-state index < -0.39 is 6.09 Å². The molecule has 0 fully saturated rings. The quantitative estimate of drug-likeness (QED) is 0.734. The normalized spacial score (nSPS) is 9.53. The monoisotopic (exact) mass is 235 g/mol. The van der Waals surface area contributed by atoms with E-state index >= 15 is 0 Å². The maximum atomic E-state index is 9.37. The summed E-state index contributed by atoms with van der Waals surface area (Å²) >= 11 is 0. The van der Waals surface area contributed by atoms with Crippen LogP contribution in [0.1, 0.15) is 5.56 Å². The number of aromatic nitrogens is 1. The molecule has 1 aromatic heterocycles. The number of carbonyl (C=O) groups excluding carboxylic acids is 1. The molecule has 0 aliphatic rings. The van der Waals surface area contributed by atoms with Crippen LogP contribution in [0.15, 0.2) is 30.5 Å². The Bertz CT molecular complexity index is 479. The van der Waals surface area contributed by atoms with Gasteiger partial charge in [-0.2, -0.15) is 0 Å². The molecule has 1 amide bonds. The largest absolute Gasteiger partial charge is 0.453 e. The summed E-state index contributed by atoms with van der Waals surface area (Å²) in [5, 5.41) is 1.29. The van der Waals surface area contributed by atoms with Crippen molar-refractivity contribution in [1.29, 1.82) is 0 Å². The van der Waals surface area contributed by atoms with Crippen molar-refractivity contribution in [3.05, 3.63) is 36.0 Å². The Labute approximate surface area is 99.7 Å². The molecule has 1 aromatic carbocycles. The molecule has 0 saturated carbocycles. The van der Waals surface area contributed by atoms with Gasteiger partial charge in [0, 0.05) is 17.1 Å². The smallest absolute Gasteiger partial charge is 0.404 e. The maximum absolute atomic E-state index is 9.37. The molecule has 2 rings (SSSR count). The summed E-state index contributed by atoms with van der Waals surface area (Å²) < 4.78 is 3.89. The van der Waals surface area contributed by atoms with Gasteiger partial charge in [0.15, 0.2) is 0 Å². The molecule has 5 nitrogen and oxygen atoms in total. The van der Waals surface area contributed by atoms with Gasteiger partial charge in [0.05, 0.1) is 7.11 Å². The van der Waals surface area contributed by atoms with Crippen LogP contribution in [0.25, 0.3) is 10.9 Å². The van der Waals surface area contributed by atoms with Gasteiger partial charge < -0.3 is 21.2 Å². The molecule has 0 aliphatic heterocycles. The Morgan fingerprint density at radius 2 is 2.06 bits per heavy atom. The molecular formula is C12H17N3O2. The van der Waals surface area contributed by atoms with Crippen LogP contribution in [0.4, 0.5) is 4.79 Å². The summed E-state index contributed by atoms with van der Waals surface area (Å²) in [5.74, 6) is 0. The predicted octanol–water partition coefficient (Wildman–Crippen LogP) is 1.38. The molecule has 0 unspecified atom stereocenters. The van der Waals surface area contributed by atoms with Crippen molar-refractivity contribution in [2.45, 2.75) is 6.42 Å². The van der Waals surface area contributed by atoms with Crippen molar-refractivity contribution in [2.75, 3.05) is 13.7 Å². The number of H-pyrrole nitrogens is 1. The zero-order valence-corrected chi connectivity index (χ0v) is 9.77. The van der Waals surface area contributed by atoms with E-state index in [9.17, 15) is 4.79 Å². The Morgan fingerprint density at radius 3 is 2.65 bits per heavy atom. The lowest BCUT2D eigenvalue weighted by Gasteiger charge is -1.93. The van der Waals surface area contributed by atoms with Crippen molar-refractivity contribution < 1.29 is 9.53 Å². The SMILES string of the molecule is COC(N)=O.NCCc1c[nH]c2ccccc12. The van der Waals surface area contributed by atoms with Crippen LogP contribution in [0.3, 0.4) is 0 Å². The topological polar surface area (TPSA) is 94.1 Å². The molecule has 0 radical (unpaired) electrons. The molecule has 2 aromatic rings. The summed E-state index contributed by atoms with van der Waals surface area (Å²) in [5.41, 5.74) is 12.4. The number of primary amides is 1. The molecule has 0 bridgehead atoms. The number of aromatic amines is 1. The van der Waals surface area contributed by atoms with Gasteiger partial charge in [-0.1, -0.05) is 18.2 Å². The van der Waals surface area contributed by atoms with Crippen molar-refractivity contribution in [2.24, 2.45) is 11.5 Å². The van der Waals surface area contributed by atoms with Gasteiger partial charge in [0.25, 0.3) is 0 Å². The van der Waals surface area contributed by atoms with Crippen LogP contribution >= 0.6 is 0 Å². The number of ether oxygens (including phenoxy) is 1. The van der Waals surface area contributed by atoms with Gasteiger partial charge >= 0.3 is 6.09 Å². The number of hydrogen-bond donors (Lipinski definition) is 3. The summed E-state index contributed by atoms with van der Waals surface area (Å²) in [6.45, 7) is 0.710. The van der Waals surface area contributed by atoms with E-state index in [4.69, 9.17) is 5.73 Å². The van der Waals surface area contributed by atoms with Crippen molar-refractivity contribution in [3.63, 3.8) is 0 Å². The highest BCUT2D eigenvalue weighted by Gasteiger charge is 1.99. The van der Waals surface area contributed by atoms with E-state index in [-0.39, 0.29) is 0 Å². The first-order valence-electron chi connectivity index (χ1n) is 5.27. The number of carbonyl (C=O) groups is 1. The summed E-state index contributed by atoms with van der Waals surface area (Å²) in [7, 11) is 1.22. The number of rotatable bonds is 2. The van der Waals surface area contributed by atoms with Crippen LogP contribution in [0.2, 0.25) is 0 Å². The molecule has 1 heterocycles. The summed E-state index contributed by atoms with van der Waals surface area (Å²) in [4.78, 5) is 12.6. The predicted molar refractivity (Wildman–Crippen MR) is 67.6 cm³/mol. The number of benzene rings is 1. The second-order valence-electron chi connectivity index (χ2n) is 3.42. The van der Waals surface area contributed by atoms with Crippen molar-refractivity contribution in [1.82, 2.24) is 4.98 Å². The minimum absolute atomic E-state index is 0.710. The first-order chi connectivity index (χ1) is 8.19. The Hall–Kier alpha value is -2.01. The van der Waals surface area contributed by atoms with Crippen LogP contribution < -0.4 is 11.5 Å². The number of amides is 1. The third kappa shape index (κ3) is 3.81. The number of fused-ring (bicyclic) bond motifs is 1. The lowest BCUT2D eigenvalue weighted by Crippen LogP contribution is -2.08. The van der Waals surface area contributed by atoms with E-state index in [1.165, 1.54) is 23.6 Å². The van der Waals surface area contributed by atoms with E-state index in [0.29, 0.717) is 6.54 Å². The highest BCUT2D eigenvalue weighted by atomic mass is 16.5. The second kappa shape index (κ2) is 6.55. The molecular weight excluding hydrogens is 218 g/mol. The van der Waals surface area contributed by atoms with Gasteiger partial charge in [-0.3, -0.25) is 0 Å². The molecule has 5 N–H and O–H groups in total. The van der Waals surface area contributed by atoms with E-state index in [2.05, 4.69) is 33.7 Å². The number of nitrogens with one attached hydrogen (secondary N) is 1. The molecule has 0 atom stereocenters. The molecule has 17 heavy (non-hydrogen) atoms. The Kier molecular flexibility index (Phi) is 5.03. The fourth-order valence-electron chi connectivity index (χ4n) is 1.49. The number of nitrogens with two attached hydrogens (primary N) is 2. The van der Waals surface area contributed by atoms with Gasteiger partial charge in [-0.05, 0) is 24.6 Å². The summed E-state index contributed by atoms with van der Waals surface area (Å²) in [6.07, 6.45) is 2.24. The van der Waals surface area contributed by atoms with Crippen LogP contribution in [0, 0.1) is 0 Å². The van der Waals surface area contributed by atoms with E-state index in [1.807, 2.05) is 12.3 Å².